The van der Waals surface area contributed by atoms with Gasteiger partial charge in [0.1, 0.15) is 0 Å². The van der Waals surface area contributed by atoms with Crippen LogP contribution in [0.1, 0.15) is 51.5 Å². The van der Waals surface area contributed by atoms with Crippen LogP contribution in [0.2, 0.25) is 0 Å². The quantitative estimate of drug-likeness (QED) is 0.714. The van der Waals surface area contributed by atoms with Crippen LogP contribution in [0.4, 0.5) is 0 Å². The highest BCUT2D eigenvalue weighted by molar-refractivity contribution is 5.37. The van der Waals surface area contributed by atoms with E-state index in [-0.39, 0.29) is 11.9 Å². The maximum absolute atomic E-state index is 8.46. The summed E-state index contributed by atoms with van der Waals surface area (Å²) in [5, 5.41) is 0. The van der Waals surface area contributed by atoms with Crippen LogP contribution < -0.4 is 0 Å². The van der Waals surface area contributed by atoms with Crippen LogP contribution in [-0.4, -0.2) is 18.0 Å². The van der Waals surface area contributed by atoms with E-state index in [0.29, 0.717) is 0 Å². The fourth-order valence-electron chi connectivity index (χ4n) is 3.86. The zero-order valence-electron chi connectivity index (χ0n) is 12.9. The van der Waals surface area contributed by atoms with Crippen molar-refractivity contribution in [3.05, 3.63) is 47.5 Å². The predicted octanol–water partition coefficient (Wildman–Crippen LogP) is 4.28. The molecule has 0 bridgehead atoms. The number of hydrogen-bond donors (Lipinski definition) is 0. The first-order valence-corrected chi connectivity index (χ1v) is 7.66. The van der Waals surface area contributed by atoms with Crippen LogP contribution in [-0.2, 0) is 11.9 Å². The monoisotopic (exact) mass is 256 g/mol. The highest BCUT2D eigenvalue weighted by Gasteiger charge is 2.42. The summed E-state index contributed by atoms with van der Waals surface area (Å²) in [7, 11) is 0. The Kier molecular flexibility index (Phi) is 3.39. The Balaban J connectivity index is 2.05. The lowest BCUT2D eigenvalue weighted by Gasteiger charge is -2.50. The summed E-state index contributed by atoms with van der Waals surface area (Å²) in [5.74, 6) is 0. The Hall–Kier alpha value is -1.08. The molecular formula is C18H25N. The van der Waals surface area contributed by atoms with Gasteiger partial charge in [-0.05, 0) is 37.3 Å². The summed E-state index contributed by atoms with van der Waals surface area (Å²) in [5.41, 5.74) is 2.91. The third kappa shape index (κ3) is 2.25. The van der Waals surface area contributed by atoms with Gasteiger partial charge in [-0.1, -0.05) is 55.7 Å². The molecule has 1 aliphatic carbocycles. The van der Waals surface area contributed by atoms with Crippen LogP contribution in [0.3, 0.4) is 0 Å². The van der Waals surface area contributed by atoms with Gasteiger partial charge in [0, 0.05) is 20.0 Å². The van der Waals surface area contributed by atoms with E-state index in [1.807, 2.05) is 0 Å². The maximum atomic E-state index is 8.46. The molecule has 0 amide bonds. The third-order valence-electron chi connectivity index (χ3n) is 4.84. The zero-order chi connectivity index (χ0) is 14.0. The first kappa shape index (κ1) is 11.7. The van der Waals surface area contributed by atoms with E-state index in [2.05, 4.69) is 48.2 Å². The summed E-state index contributed by atoms with van der Waals surface area (Å²) < 4.78 is 8.46. The standard InChI is InChI=1S/C18H25N/c1-2-3-14-19-15-11-16-9-5-6-10-17(16)18(19)12-7-4-8-13-18/h2-3,5-6,9-10H,4,7-8,11-15H2,1H3/i11D. The number of fused-ring (bicyclic) bond motifs is 2. The Morgan fingerprint density at radius 1 is 1.26 bits per heavy atom. The molecule has 1 fully saturated rings. The molecule has 1 spiro atoms. The molecule has 0 aromatic heterocycles. The van der Waals surface area contributed by atoms with E-state index in [9.17, 15) is 0 Å². The third-order valence-corrected chi connectivity index (χ3v) is 4.84. The number of benzene rings is 1. The van der Waals surface area contributed by atoms with Crippen molar-refractivity contribution in [2.24, 2.45) is 0 Å². The first-order valence-electron chi connectivity index (χ1n) is 8.23. The fourth-order valence-corrected chi connectivity index (χ4v) is 3.86. The van der Waals surface area contributed by atoms with Crippen molar-refractivity contribution in [3.63, 3.8) is 0 Å². The SMILES string of the molecule is [2H]C1CN(CC=CC)C2(CCCCC2)c2ccccc21. The van der Waals surface area contributed by atoms with Crippen LogP contribution in [0, 0.1) is 0 Å². The van der Waals surface area contributed by atoms with Crippen LogP contribution in [0.15, 0.2) is 36.4 Å². The molecule has 0 saturated heterocycles. The van der Waals surface area contributed by atoms with Crippen molar-refractivity contribution in [2.75, 3.05) is 13.1 Å². The van der Waals surface area contributed by atoms with Crippen molar-refractivity contribution in [3.8, 4) is 0 Å². The van der Waals surface area contributed by atoms with Gasteiger partial charge in [0.05, 0.1) is 0 Å². The Morgan fingerprint density at radius 2 is 2.05 bits per heavy atom. The number of nitrogens with zero attached hydrogens (tertiary/aromatic N) is 1. The van der Waals surface area contributed by atoms with E-state index >= 15 is 0 Å². The smallest absolute Gasteiger partial charge is 0.0466 e. The van der Waals surface area contributed by atoms with Crippen molar-refractivity contribution in [2.45, 2.75) is 51.0 Å². The average molecular weight is 256 g/mol. The highest BCUT2D eigenvalue weighted by atomic mass is 15.2. The second kappa shape index (κ2) is 5.50. The lowest BCUT2D eigenvalue weighted by Crippen LogP contribution is -2.51. The molecule has 0 N–H and O–H groups in total. The number of allylic oxidation sites excluding steroid dienone is 1. The molecule has 102 valence electrons. The van der Waals surface area contributed by atoms with Crippen molar-refractivity contribution in [1.82, 2.24) is 4.90 Å². The summed E-state index contributed by atoms with van der Waals surface area (Å²) in [6, 6.07) is 8.71. The largest absolute Gasteiger partial charge is 0.290 e. The second-order valence-electron chi connectivity index (χ2n) is 5.86. The van der Waals surface area contributed by atoms with Gasteiger partial charge in [0.25, 0.3) is 0 Å². The summed E-state index contributed by atoms with van der Waals surface area (Å²) in [6.07, 6.45) is 10.8. The van der Waals surface area contributed by atoms with Gasteiger partial charge in [-0.3, -0.25) is 4.90 Å². The van der Waals surface area contributed by atoms with Crippen molar-refractivity contribution >= 4 is 0 Å². The van der Waals surface area contributed by atoms with Gasteiger partial charge in [0.15, 0.2) is 0 Å². The van der Waals surface area contributed by atoms with Gasteiger partial charge in [-0.2, -0.15) is 0 Å². The Morgan fingerprint density at radius 3 is 2.84 bits per heavy atom. The molecule has 1 heterocycles. The average Bonchev–Trinajstić information content (AvgIpc) is 2.51. The van der Waals surface area contributed by atoms with Gasteiger partial charge in [-0.15, -0.1) is 0 Å². The molecule has 0 radical (unpaired) electrons. The molecule has 19 heavy (non-hydrogen) atoms. The summed E-state index contributed by atoms with van der Waals surface area (Å²) in [4.78, 5) is 2.58. The summed E-state index contributed by atoms with van der Waals surface area (Å²) >= 11 is 0. The van der Waals surface area contributed by atoms with Gasteiger partial charge < -0.3 is 0 Å². The summed E-state index contributed by atoms with van der Waals surface area (Å²) in [6.45, 7) is 3.95. The molecular weight excluding hydrogens is 230 g/mol. The molecule has 2 aliphatic rings. The van der Waals surface area contributed by atoms with Gasteiger partial charge >= 0.3 is 0 Å². The van der Waals surface area contributed by atoms with E-state index in [0.717, 1.165) is 13.1 Å². The molecule has 1 aromatic rings. The minimum Gasteiger partial charge on any atom is -0.290 e. The van der Waals surface area contributed by atoms with Gasteiger partial charge in [0.2, 0.25) is 0 Å². The van der Waals surface area contributed by atoms with Crippen LogP contribution in [0.25, 0.3) is 0 Å². The molecule has 1 saturated carbocycles. The number of hydrogen-bond acceptors (Lipinski definition) is 1. The van der Waals surface area contributed by atoms with Crippen LogP contribution in [0.5, 0.6) is 0 Å². The Labute approximate surface area is 118 Å². The van der Waals surface area contributed by atoms with Crippen molar-refractivity contribution in [1.29, 1.82) is 0 Å². The van der Waals surface area contributed by atoms with E-state index in [1.54, 1.807) is 0 Å². The molecule has 3 rings (SSSR count). The first-order chi connectivity index (χ1) is 9.78. The maximum Gasteiger partial charge on any atom is 0.0466 e. The normalized spacial score (nSPS) is 27.4. The van der Waals surface area contributed by atoms with Gasteiger partial charge in [-0.25, -0.2) is 0 Å². The molecule has 1 atom stereocenters. The molecule has 1 nitrogen and oxygen atoms in total. The second-order valence-corrected chi connectivity index (χ2v) is 5.86. The fraction of sp³-hybridized carbons (Fsp3) is 0.556. The zero-order valence-corrected chi connectivity index (χ0v) is 11.9. The Bertz CT molecular complexity index is 488. The van der Waals surface area contributed by atoms with E-state index in [4.69, 9.17) is 1.37 Å². The van der Waals surface area contributed by atoms with E-state index in [1.165, 1.54) is 43.2 Å². The molecule has 1 unspecified atom stereocenters. The highest BCUT2D eigenvalue weighted by Crippen LogP contribution is 2.45. The molecule has 1 aliphatic heterocycles. The molecule has 1 aromatic carbocycles. The van der Waals surface area contributed by atoms with Crippen LogP contribution >= 0.6 is 0 Å². The topological polar surface area (TPSA) is 3.24 Å². The molecule has 1 heteroatoms. The number of rotatable bonds is 2. The lowest BCUT2D eigenvalue weighted by atomic mass is 9.71. The minimum atomic E-state index is -0.0935. The predicted molar refractivity (Wildman–Crippen MR) is 81.3 cm³/mol. The minimum absolute atomic E-state index is 0.0935. The van der Waals surface area contributed by atoms with Crippen molar-refractivity contribution < 1.29 is 1.37 Å². The lowest BCUT2D eigenvalue weighted by molar-refractivity contribution is 0.0476. The van der Waals surface area contributed by atoms with E-state index < -0.39 is 0 Å².